The molecule has 0 fully saturated rings. The summed E-state index contributed by atoms with van der Waals surface area (Å²) in [5.41, 5.74) is 0.328. The lowest BCUT2D eigenvalue weighted by Gasteiger charge is -2.30. The molecular weight excluding hydrogens is 310 g/mol. The molecule has 0 aliphatic rings. The molecule has 108 valence electrons. The van der Waals surface area contributed by atoms with Crippen LogP contribution in [0.3, 0.4) is 0 Å². The van der Waals surface area contributed by atoms with Gasteiger partial charge in [0.1, 0.15) is 15.7 Å². The van der Waals surface area contributed by atoms with Gasteiger partial charge in [-0.05, 0) is 30.5 Å². The maximum atomic E-state index is 12.9. The van der Waals surface area contributed by atoms with E-state index in [1.165, 1.54) is 18.4 Å². The van der Waals surface area contributed by atoms with Gasteiger partial charge in [0.05, 0.1) is 0 Å². The van der Waals surface area contributed by atoms with Gasteiger partial charge in [-0.25, -0.2) is 12.8 Å². The van der Waals surface area contributed by atoms with Crippen LogP contribution < -0.4 is 0 Å². The second kappa shape index (κ2) is 6.91. The first-order valence-electron chi connectivity index (χ1n) is 5.89. The second-order valence-electron chi connectivity index (χ2n) is 4.79. The lowest BCUT2D eigenvalue weighted by molar-refractivity contribution is 0.482. The van der Waals surface area contributed by atoms with Gasteiger partial charge < -0.3 is 0 Å². The third-order valence-corrected chi connectivity index (χ3v) is 5.19. The Morgan fingerprint density at radius 1 is 1.16 bits per heavy atom. The summed E-state index contributed by atoms with van der Waals surface area (Å²) in [7, 11) is -3.00. The molecule has 0 saturated carbocycles. The fourth-order valence-corrected chi connectivity index (χ4v) is 3.47. The lowest BCUT2D eigenvalue weighted by atomic mass is 9.80. The average molecular weight is 327 g/mol. The molecule has 0 aliphatic heterocycles. The molecule has 1 aromatic carbocycles. The molecule has 0 radical (unpaired) electrons. The highest BCUT2D eigenvalue weighted by molar-refractivity contribution is 7.90. The molecule has 0 unspecified atom stereocenters. The highest BCUT2D eigenvalue weighted by atomic mass is 35.5. The van der Waals surface area contributed by atoms with E-state index in [2.05, 4.69) is 0 Å². The molecule has 0 heterocycles. The molecular formula is C13H17Cl2FO2S. The summed E-state index contributed by atoms with van der Waals surface area (Å²) in [6.45, 7) is 0. The summed E-state index contributed by atoms with van der Waals surface area (Å²) in [5, 5.41) is 0. The highest BCUT2D eigenvalue weighted by Crippen LogP contribution is 2.32. The Kier molecular flexibility index (Phi) is 6.09. The van der Waals surface area contributed by atoms with Crippen LogP contribution in [0.15, 0.2) is 24.3 Å². The fourth-order valence-electron chi connectivity index (χ4n) is 1.94. The number of hydrogen-bond donors (Lipinski definition) is 0. The minimum atomic E-state index is -3.00. The Morgan fingerprint density at radius 2 is 1.68 bits per heavy atom. The molecule has 0 N–H and O–H groups in total. The lowest BCUT2D eigenvalue weighted by Crippen LogP contribution is -2.31. The third kappa shape index (κ3) is 4.93. The summed E-state index contributed by atoms with van der Waals surface area (Å²) in [6.07, 6.45) is 2.24. The molecule has 0 aromatic heterocycles. The predicted octanol–water partition coefficient (Wildman–Crippen LogP) is 3.37. The quantitative estimate of drug-likeness (QED) is 0.720. The van der Waals surface area contributed by atoms with E-state index >= 15 is 0 Å². The highest BCUT2D eigenvalue weighted by Gasteiger charge is 2.30. The number of hydrogen-bond acceptors (Lipinski definition) is 2. The Hall–Kier alpha value is -0.320. The molecule has 0 aliphatic carbocycles. The van der Waals surface area contributed by atoms with E-state index in [1.807, 2.05) is 0 Å². The van der Waals surface area contributed by atoms with E-state index in [0.717, 1.165) is 5.56 Å². The van der Waals surface area contributed by atoms with Gasteiger partial charge in [-0.15, -0.1) is 23.2 Å². The Labute approximate surface area is 123 Å². The molecule has 0 atom stereocenters. The Bertz CT molecular complexity index is 496. The predicted molar refractivity (Wildman–Crippen MR) is 78.5 cm³/mol. The van der Waals surface area contributed by atoms with Crippen LogP contribution in [0.25, 0.3) is 0 Å². The zero-order valence-corrected chi connectivity index (χ0v) is 13.0. The first-order valence-corrected chi connectivity index (χ1v) is 9.02. The molecule has 19 heavy (non-hydrogen) atoms. The van der Waals surface area contributed by atoms with Crippen LogP contribution in [0.4, 0.5) is 4.39 Å². The van der Waals surface area contributed by atoms with E-state index in [9.17, 15) is 12.8 Å². The van der Waals surface area contributed by atoms with Crippen LogP contribution in [0, 0.1) is 5.82 Å². The van der Waals surface area contributed by atoms with Crippen molar-refractivity contribution >= 4 is 33.0 Å². The van der Waals surface area contributed by atoms with Crippen molar-refractivity contribution in [1.29, 1.82) is 0 Å². The van der Waals surface area contributed by atoms with Crippen molar-refractivity contribution in [3.63, 3.8) is 0 Å². The molecule has 0 saturated heterocycles. The normalized spacial score (nSPS) is 12.6. The second-order valence-corrected chi connectivity index (χ2v) is 7.58. The van der Waals surface area contributed by atoms with Gasteiger partial charge in [-0.3, -0.25) is 0 Å². The van der Waals surface area contributed by atoms with Gasteiger partial charge in [0, 0.05) is 29.2 Å². The number of benzene rings is 1. The van der Waals surface area contributed by atoms with Crippen LogP contribution >= 0.6 is 23.2 Å². The van der Waals surface area contributed by atoms with Crippen molar-refractivity contribution in [2.24, 2.45) is 0 Å². The molecule has 0 bridgehead atoms. The monoisotopic (exact) mass is 326 g/mol. The molecule has 6 heteroatoms. The Balaban J connectivity index is 2.87. The van der Waals surface area contributed by atoms with E-state index in [1.54, 1.807) is 12.1 Å². The standard InChI is InChI=1S/C13H17Cl2FO2S/c1-19(17,18)8-2-7-13(9-14,10-15)11-3-5-12(16)6-4-11/h3-6H,2,7-10H2,1H3. The first-order chi connectivity index (χ1) is 8.83. The van der Waals surface area contributed by atoms with E-state index in [0.29, 0.717) is 12.8 Å². The first kappa shape index (κ1) is 16.7. The van der Waals surface area contributed by atoms with E-state index < -0.39 is 15.3 Å². The van der Waals surface area contributed by atoms with Gasteiger partial charge in [0.15, 0.2) is 0 Å². The van der Waals surface area contributed by atoms with Gasteiger partial charge in [-0.1, -0.05) is 12.1 Å². The van der Waals surface area contributed by atoms with Gasteiger partial charge in [0.25, 0.3) is 0 Å². The summed E-state index contributed by atoms with van der Waals surface area (Å²) < 4.78 is 35.3. The van der Waals surface area contributed by atoms with Crippen molar-refractivity contribution in [3.8, 4) is 0 Å². The largest absolute Gasteiger partial charge is 0.229 e. The SMILES string of the molecule is CS(=O)(=O)CCCC(CCl)(CCl)c1ccc(F)cc1. The maximum absolute atomic E-state index is 12.9. The van der Waals surface area contributed by atoms with Crippen LogP contribution in [0.2, 0.25) is 0 Å². The van der Waals surface area contributed by atoms with Gasteiger partial charge >= 0.3 is 0 Å². The van der Waals surface area contributed by atoms with Crippen molar-refractivity contribution in [2.75, 3.05) is 23.8 Å². The summed E-state index contributed by atoms with van der Waals surface area (Å²) in [5.74, 6) is 0.319. The molecule has 1 aromatic rings. The van der Waals surface area contributed by atoms with Crippen LogP contribution in [-0.4, -0.2) is 32.2 Å². The zero-order valence-electron chi connectivity index (χ0n) is 10.7. The summed E-state index contributed by atoms with van der Waals surface area (Å²) in [4.78, 5) is 0. The molecule has 0 spiro atoms. The number of alkyl halides is 2. The van der Waals surface area contributed by atoms with Gasteiger partial charge in [-0.2, -0.15) is 0 Å². The maximum Gasteiger partial charge on any atom is 0.147 e. The van der Waals surface area contributed by atoms with Gasteiger partial charge in [0.2, 0.25) is 0 Å². The van der Waals surface area contributed by atoms with Crippen molar-refractivity contribution < 1.29 is 12.8 Å². The smallest absolute Gasteiger partial charge is 0.147 e. The number of rotatable bonds is 7. The van der Waals surface area contributed by atoms with E-state index in [4.69, 9.17) is 23.2 Å². The van der Waals surface area contributed by atoms with Crippen LogP contribution in [-0.2, 0) is 15.3 Å². The minimum Gasteiger partial charge on any atom is -0.229 e. The molecule has 1 rings (SSSR count). The van der Waals surface area contributed by atoms with E-state index in [-0.39, 0.29) is 23.3 Å². The molecule has 0 amide bonds. The van der Waals surface area contributed by atoms with Crippen molar-refractivity contribution in [2.45, 2.75) is 18.3 Å². The topological polar surface area (TPSA) is 34.1 Å². The van der Waals surface area contributed by atoms with Crippen molar-refractivity contribution in [1.82, 2.24) is 0 Å². The van der Waals surface area contributed by atoms with Crippen molar-refractivity contribution in [3.05, 3.63) is 35.6 Å². The zero-order chi connectivity index (χ0) is 14.5. The van der Waals surface area contributed by atoms with Crippen LogP contribution in [0.1, 0.15) is 18.4 Å². The minimum absolute atomic E-state index is 0.101. The summed E-state index contributed by atoms with van der Waals surface area (Å²) >= 11 is 12.0. The van der Waals surface area contributed by atoms with Crippen LogP contribution in [0.5, 0.6) is 0 Å². The summed E-state index contributed by atoms with van der Waals surface area (Å²) in [6, 6.07) is 6.03. The number of sulfone groups is 1. The fraction of sp³-hybridized carbons (Fsp3) is 0.538. The number of halogens is 3. The Morgan fingerprint density at radius 3 is 2.11 bits per heavy atom. The molecule has 2 nitrogen and oxygen atoms in total. The third-order valence-electron chi connectivity index (χ3n) is 3.14. The average Bonchev–Trinajstić information content (AvgIpc) is 2.35.